The van der Waals surface area contributed by atoms with Crippen LogP contribution in [0.4, 0.5) is 0 Å². The summed E-state index contributed by atoms with van der Waals surface area (Å²) in [6.45, 7) is 1.17. The Morgan fingerprint density at radius 1 is 1.62 bits per heavy atom. The zero-order chi connectivity index (χ0) is 9.10. The fourth-order valence-corrected chi connectivity index (χ4v) is 1.78. The van der Waals surface area contributed by atoms with E-state index in [9.17, 15) is 0 Å². The van der Waals surface area contributed by atoms with E-state index in [4.69, 9.17) is 5.11 Å². The predicted molar refractivity (Wildman–Crippen MR) is 49.2 cm³/mol. The number of aliphatic hydroxyl groups excluding tert-OH is 1. The molecule has 0 aliphatic carbocycles. The topological polar surface area (TPSA) is 60.9 Å². The molecule has 0 spiro atoms. The minimum Gasteiger partial charge on any atom is -0.390 e. The normalized spacial score (nSPS) is 22.4. The monoisotopic (exact) mass is 181 g/mol. The van der Waals surface area contributed by atoms with Crippen LogP contribution in [-0.2, 0) is 13.0 Å². The molecule has 1 saturated heterocycles. The smallest absolute Gasteiger partial charge is 0.0847 e. The van der Waals surface area contributed by atoms with Gasteiger partial charge in [0.2, 0.25) is 0 Å². The first kappa shape index (κ1) is 8.72. The van der Waals surface area contributed by atoms with Crippen molar-refractivity contribution in [3.63, 3.8) is 0 Å². The van der Waals surface area contributed by atoms with E-state index in [1.165, 1.54) is 12.8 Å². The van der Waals surface area contributed by atoms with Gasteiger partial charge in [0.1, 0.15) is 0 Å². The van der Waals surface area contributed by atoms with Gasteiger partial charge in [-0.2, -0.15) is 5.10 Å². The highest BCUT2D eigenvalue weighted by molar-refractivity contribution is 5.09. The van der Waals surface area contributed by atoms with Gasteiger partial charge < -0.3 is 10.4 Å². The molecule has 13 heavy (non-hydrogen) atoms. The third kappa shape index (κ3) is 2.08. The summed E-state index contributed by atoms with van der Waals surface area (Å²) < 4.78 is 0. The first-order valence-corrected chi connectivity index (χ1v) is 4.76. The van der Waals surface area contributed by atoms with Gasteiger partial charge in [0.25, 0.3) is 0 Å². The highest BCUT2D eigenvalue weighted by Gasteiger charge is 2.15. The predicted octanol–water partition coefficient (Wildman–Crippen LogP) is 0.196. The average molecular weight is 181 g/mol. The van der Waals surface area contributed by atoms with Crippen LogP contribution in [0.2, 0.25) is 0 Å². The molecule has 1 aromatic rings. The van der Waals surface area contributed by atoms with Crippen molar-refractivity contribution >= 4 is 0 Å². The molecule has 1 fully saturated rings. The Labute approximate surface area is 77.4 Å². The van der Waals surface area contributed by atoms with E-state index in [-0.39, 0.29) is 6.61 Å². The molecular formula is C9H15N3O. The molecule has 0 radical (unpaired) electrons. The molecule has 2 heterocycles. The number of aromatic nitrogens is 2. The molecule has 0 saturated carbocycles. The van der Waals surface area contributed by atoms with Gasteiger partial charge in [0.05, 0.1) is 18.0 Å². The fourth-order valence-electron chi connectivity index (χ4n) is 1.78. The van der Waals surface area contributed by atoms with Gasteiger partial charge in [-0.15, -0.1) is 0 Å². The van der Waals surface area contributed by atoms with Gasteiger partial charge in [-0.05, 0) is 25.5 Å². The Kier molecular flexibility index (Phi) is 2.61. The van der Waals surface area contributed by atoms with Crippen LogP contribution in [0, 0.1) is 0 Å². The molecule has 1 aliphatic rings. The molecule has 4 nitrogen and oxygen atoms in total. The van der Waals surface area contributed by atoms with E-state index >= 15 is 0 Å². The molecule has 4 heteroatoms. The Bertz CT molecular complexity index is 266. The third-order valence-corrected chi connectivity index (χ3v) is 2.47. The number of nitrogens with zero attached hydrogens (tertiary/aromatic N) is 1. The van der Waals surface area contributed by atoms with E-state index < -0.39 is 0 Å². The standard InChI is InChI=1S/C9H15N3O/c13-6-9-5-8(11-12-9)4-7-2-1-3-10-7/h5,7,10,13H,1-4,6H2,(H,11,12). The number of hydrogen-bond donors (Lipinski definition) is 3. The second kappa shape index (κ2) is 3.89. The number of aromatic amines is 1. The van der Waals surface area contributed by atoms with Crippen LogP contribution in [0.1, 0.15) is 24.2 Å². The molecule has 0 aromatic carbocycles. The molecule has 0 amide bonds. The maximum absolute atomic E-state index is 8.82. The van der Waals surface area contributed by atoms with Gasteiger partial charge in [0, 0.05) is 12.5 Å². The minimum atomic E-state index is 0.0467. The largest absolute Gasteiger partial charge is 0.390 e. The maximum atomic E-state index is 8.82. The molecule has 3 N–H and O–H groups in total. The lowest BCUT2D eigenvalue weighted by Gasteiger charge is -2.06. The van der Waals surface area contributed by atoms with Crippen LogP contribution in [0.5, 0.6) is 0 Å². The summed E-state index contributed by atoms with van der Waals surface area (Å²) in [5.74, 6) is 0. The minimum absolute atomic E-state index is 0.0467. The zero-order valence-electron chi connectivity index (χ0n) is 7.58. The quantitative estimate of drug-likeness (QED) is 0.624. The molecular weight excluding hydrogens is 166 g/mol. The summed E-state index contributed by atoms with van der Waals surface area (Å²) in [7, 11) is 0. The molecule has 1 unspecified atom stereocenters. The van der Waals surface area contributed by atoms with Gasteiger partial charge >= 0.3 is 0 Å². The molecule has 1 atom stereocenters. The zero-order valence-corrected chi connectivity index (χ0v) is 7.58. The second-order valence-corrected chi connectivity index (χ2v) is 3.54. The van der Waals surface area contributed by atoms with E-state index in [2.05, 4.69) is 15.5 Å². The SMILES string of the molecule is OCc1cc(CC2CCCN2)n[nH]1. The van der Waals surface area contributed by atoms with E-state index in [0.717, 1.165) is 24.4 Å². The van der Waals surface area contributed by atoms with Crippen molar-refractivity contribution in [3.8, 4) is 0 Å². The van der Waals surface area contributed by atoms with Gasteiger partial charge in [-0.25, -0.2) is 0 Å². The number of rotatable bonds is 3. The van der Waals surface area contributed by atoms with E-state index in [0.29, 0.717) is 6.04 Å². The number of hydrogen-bond acceptors (Lipinski definition) is 3. The lowest BCUT2D eigenvalue weighted by molar-refractivity contribution is 0.276. The lowest BCUT2D eigenvalue weighted by atomic mass is 10.1. The van der Waals surface area contributed by atoms with Crippen LogP contribution in [-0.4, -0.2) is 27.9 Å². The van der Waals surface area contributed by atoms with E-state index in [1.54, 1.807) is 0 Å². The molecule has 1 aliphatic heterocycles. The van der Waals surface area contributed by atoms with Crippen LogP contribution in [0.15, 0.2) is 6.07 Å². The fraction of sp³-hybridized carbons (Fsp3) is 0.667. The lowest BCUT2D eigenvalue weighted by Crippen LogP contribution is -2.23. The summed E-state index contributed by atoms with van der Waals surface area (Å²) >= 11 is 0. The van der Waals surface area contributed by atoms with Crippen molar-refractivity contribution in [3.05, 3.63) is 17.5 Å². The highest BCUT2D eigenvalue weighted by Crippen LogP contribution is 2.11. The summed E-state index contributed by atoms with van der Waals surface area (Å²) in [5.41, 5.74) is 1.84. The maximum Gasteiger partial charge on any atom is 0.0847 e. The summed E-state index contributed by atoms with van der Waals surface area (Å²) in [6.07, 6.45) is 3.47. The van der Waals surface area contributed by atoms with E-state index in [1.807, 2.05) is 6.07 Å². The van der Waals surface area contributed by atoms with Crippen LogP contribution in [0.25, 0.3) is 0 Å². The average Bonchev–Trinajstić information content (AvgIpc) is 2.76. The first-order valence-electron chi connectivity index (χ1n) is 4.76. The Balaban J connectivity index is 1.92. The van der Waals surface area contributed by atoms with Crippen molar-refractivity contribution < 1.29 is 5.11 Å². The van der Waals surface area contributed by atoms with Crippen LogP contribution < -0.4 is 5.32 Å². The summed E-state index contributed by atoms with van der Waals surface area (Å²) in [5, 5.41) is 19.2. The van der Waals surface area contributed by atoms with Crippen molar-refractivity contribution in [2.45, 2.75) is 31.9 Å². The number of H-pyrrole nitrogens is 1. The van der Waals surface area contributed by atoms with Gasteiger partial charge in [-0.1, -0.05) is 0 Å². The van der Waals surface area contributed by atoms with Crippen LogP contribution >= 0.6 is 0 Å². The molecule has 72 valence electrons. The Morgan fingerprint density at radius 2 is 2.54 bits per heavy atom. The molecule has 0 bridgehead atoms. The number of nitrogens with one attached hydrogen (secondary N) is 2. The summed E-state index contributed by atoms with van der Waals surface area (Å²) in [4.78, 5) is 0. The van der Waals surface area contributed by atoms with Crippen molar-refractivity contribution in [1.82, 2.24) is 15.5 Å². The molecule has 2 rings (SSSR count). The van der Waals surface area contributed by atoms with Gasteiger partial charge in [0.15, 0.2) is 0 Å². The van der Waals surface area contributed by atoms with Crippen molar-refractivity contribution in [1.29, 1.82) is 0 Å². The second-order valence-electron chi connectivity index (χ2n) is 3.54. The van der Waals surface area contributed by atoms with Crippen molar-refractivity contribution in [2.75, 3.05) is 6.54 Å². The van der Waals surface area contributed by atoms with Crippen molar-refractivity contribution in [2.24, 2.45) is 0 Å². The van der Waals surface area contributed by atoms with Crippen LogP contribution in [0.3, 0.4) is 0 Å². The Morgan fingerprint density at radius 3 is 3.15 bits per heavy atom. The first-order chi connectivity index (χ1) is 6.38. The molecule has 1 aromatic heterocycles. The van der Waals surface area contributed by atoms with Gasteiger partial charge in [-0.3, -0.25) is 5.10 Å². The summed E-state index contributed by atoms with van der Waals surface area (Å²) in [6, 6.07) is 2.51. The number of aliphatic hydroxyl groups is 1. The Hall–Kier alpha value is -0.870. The third-order valence-electron chi connectivity index (χ3n) is 2.47. The highest BCUT2D eigenvalue weighted by atomic mass is 16.3.